The highest BCUT2D eigenvalue weighted by Gasteiger charge is 2.06. The van der Waals surface area contributed by atoms with Gasteiger partial charge < -0.3 is 5.32 Å². The molecule has 0 spiro atoms. The van der Waals surface area contributed by atoms with E-state index in [4.69, 9.17) is 0 Å². The first-order valence-electron chi connectivity index (χ1n) is 6.13. The van der Waals surface area contributed by atoms with Gasteiger partial charge in [-0.15, -0.1) is 0 Å². The highest BCUT2D eigenvalue weighted by atomic mass is 19.1. The van der Waals surface area contributed by atoms with Crippen molar-refractivity contribution in [3.63, 3.8) is 0 Å². The Morgan fingerprint density at radius 3 is 2.78 bits per heavy atom. The van der Waals surface area contributed by atoms with Crippen LogP contribution in [0.25, 0.3) is 11.1 Å². The molecule has 0 aliphatic carbocycles. The van der Waals surface area contributed by atoms with Crippen molar-refractivity contribution in [1.29, 1.82) is 0 Å². The Kier molecular flexibility index (Phi) is 4.05. The molecule has 2 rings (SSSR count). The van der Waals surface area contributed by atoms with E-state index in [2.05, 4.69) is 17.2 Å². The van der Waals surface area contributed by atoms with Crippen LogP contribution < -0.4 is 5.32 Å². The third-order valence-electron chi connectivity index (χ3n) is 2.82. The third-order valence-corrected chi connectivity index (χ3v) is 2.82. The van der Waals surface area contributed by atoms with Crippen LogP contribution in [0.2, 0.25) is 0 Å². The van der Waals surface area contributed by atoms with Gasteiger partial charge in [-0.25, -0.2) is 4.39 Å². The zero-order valence-electron chi connectivity index (χ0n) is 10.7. The summed E-state index contributed by atoms with van der Waals surface area (Å²) in [6, 6.07) is 8.97. The van der Waals surface area contributed by atoms with E-state index < -0.39 is 0 Å². The molecule has 2 aromatic rings. The number of benzene rings is 1. The average Bonchev–Trinajstić information content (AvgIpc) is 2.38. The summed E-state index contributed by atoms with van der Waals surface area (Å²) in [7, 11) is 0. The van der Waals surface area contributed by atoms with E-state index in [9.17, 15) is 4.39 Å². The number of halogens is 1. The second-order valence-corrected chi connectivity index (χ2v) is 4.28. The number of hydrogen-bond donors (Lipinski definition) is 1. The predicted molar refractivity (Wildman–Crippen MR) is 71.7 cm³/mol. The number of aromatic nitrogens is 1. The predicted octanol–water partition coefficient (Wildman–Crippen LogP) is 3.31. The molecule has 1 aromatic heterocycles. The Balaban J connectivity index is 2.37. The van der Waals surface area contributed by atoms with Crippen LogP contribution in [0, 0.1) is 12.7 Å². The zero-order valence-corrected chi connectivity index (χ0v) is 10.7. The highest BCUT2D eigenvalue weighted by Crippen LogP contribution is 2.24. The van der Waals surface area contributed by atoms with Crippen LogP contribution in [-0.2, 0) is 6.54 Å². The maximum atomic E-state index is 13.9. The third kappa shape index (κ3) is 2.93. The maximum Gasteiger partial charge on any atom is 0.131 e. The lowest BCUT2D eigenvalue weighted by atomic mass is 10.0. The van der Waals surface area contributed by atoms with E-state index in [1.54, 1.807) is 6.20 Å². The molecule has 3 heteroatoms. The van der Waals surface area contributed by atoms with E-state index in [0.29, 0.717) is 5.56 Å². The lowest BCUT2D eigenvalue weighted by Gasteiger charge is -2.08. The van der Waals surface area contributed by atoms with E-state index in [-0.39, 0.29) is 5.82 Å². The molecular weight excluding hydrogens is 227 g/mol. The Morgan fingerprint density at radius 1 is 1.22 bits per heavy atom. The van der Waals surface area contributed by atoms with Crippen LogP contribution in [-0.4, -0.2) is 11.5 Å². The lowest BCUT2D eigenvalue weighted by Crippen LogP contribution is -2.11. The molecule has 0 fully saturated rings. The molecule has 94 valence electrons. The van der Waals surface area contributed by atoms with E-state index in [1.165, 1.54) is 6.07 Å². The molecule has 0 radical (unpaired) electrons. The molecule has 0 unspecified atom stereocenters. The summed E-state index contributed by atoms with van der Waals surface area (Å²) in [6.07, 6.45) is 1.71. The molecule has 0 aliphatic heterocycles. The molecule has 2 nitrogen and oxygen atoms in total. The van der Waals surface area contributed by atoms with Crippen LogP contribution in [0.15, 0.2) is 36.5 Å². The van der Waals surface area contributed by atoms with Gasteiger partial charge in [-0.05, 0) is 48.9 Å². The first kappa shape index (κ1) is 12.7. The molecule has 0 saturated heterocycles. The van der Waals surface area contributed by atoms with Crippen LogP contribution in [0.5, 0.6) is 0 Å². The fourth-order valence-corrected chi connectivity index (χ4v) is 1.89. The second kappa shape index (κ2) is 5.74. The quantitative estimate of drug-likeness (QED) is 0.892. The minimum atomic E-state index is -0.194. The van der Waals surface area contributed by atoms with Crippen molar-refractivity contribution in [3.8, 4) is 11.1 Å². The van der Waals surface area contributed by atoms with Gasteiger partial charge in [-0.1, -0.05) is 13.0 Å². The fourth-order valence-electron chi connectivity index (χ4n) is 1.89. The molecule has 1 aromatic carbocycles. The monoisotopic (exact) mass is 244 g/mol. The second-order valence-electron chi connectivity index (χ2n) is 4.28. The molecule has 0 bridgehead atoms. The van der Waals surface area contributed by atoms with Gasteiger partial charge in [0.25, 0.3) is 0 Å². The van der Waals surface area contributed by atoms with Crippen molar-refractivity contribution in [1.82, 2.24) is 10.3 Å². The lowest BCUT2D eigenvalue weighted by molar-refractivity contribution is 0.629. The molecule has 1 heterocycles. The Morgan fingerprint density at radius 2 is 2.06 bits per heavy atom. The number of pyridine rings is 1. The van der Waals surface area contributed by atoms with Gasteiger partial charge in [0.1, 0.15) is 5.82 Å². The summed E-state index contributed by atoms with van der Waals surface area (Å²) in [5, 5.41) is 3.24. The van der Waals surface area contributed by atoms with Gasteiger partial charge in [0, 0.05) is 24.0 Å². The van der Waals surface area contributed by atoms with Crippen LogP contribution in [0.1, 0.15) is 18.2 Å². The first-order valence-corrected chi connectivity index (χ1v) is 6.13. The molecule has 0 atom stereocenters. The molecule has 0 aliphatic rings. The topological polar surface area (TPSA) is 24.9 Å². The van der Waals surface area contributed by atoms with Crippen molar-refractivity contribution < 1.29 is 4.39 Å². The Hall–Kier alpha value is -1.74. The van der Waals surface area contributed by atoms with Gasteiger partial charge in [-0.2, -0.15) is 0 Å². The smallest absolute Gasteiger partial charge is 0.131 e. The van der Waals surface area contributed by atoms with Gasteiger partial charge in [0.05, 0.1) is 0 Å². The molecule has 0 saturated carbocycles. The van der Waals surface area contributed by atoms with Crippen molar-refractivity contribution in [2.75, 3.05) is 6.54 Å². The van der Waals surface area contributed by atoms with Crippen LogP contribution in [0.4, 0.5) is 4.39 Å². The van der Waals surface area contributed by atoms with Crippen LogP contribution >= 0.6 is 0 Å². The largest absolute Gasteiger partial charge is 0.313 e. The summed E-state index contributed by atoms with van der Waals surface area (Å²) >= 11 is 0. The summed E-state index contributed by atoms with van der Waals surface area (Å²) in [5.41, 5.74) is 3.49. The van der Waals surface area contributed by atoms with Crippen molar-refractivity contribution in [2.45, 2.75) is 20.4 Å². The summed E-state index contributed by atoms with van der Waals surface area (Å²) in [5.74, 6) is -0.194. The minimum Gasteiger partial charge on any atom is -0.313 e. The zero-order chi connectivity index (χ0) is 13.0. The van der Waals surface area contributed by atoms with Crippen molar-refractivity contribution >= 4 is 0 Å². The van der Waals surface area contributed by atoms with Crippen molar-refractivity contribution in [3.05, 3.63) is 53.6 Å². The molecule has 1 N–H and O–H groups in total. The minimum absolute atomic E-state index is 0.194. The number of nitrogens with one attached hydrogen (secondary N) is 1. The van der Waals surface area contributed by atoms with Crippen molar-refractivity contribution in [2.24, 2.45) is 0 Å². The van der Waals surface area contributed by atoms with E-state index in [1.807, 2.05) is 31.2 Å². The average molecular weight is 244 g/mol. The van der Waals surface area contributed by atoms with Crippen LogP contribution in [0.3, 0.4) is 0 Å². The summed E-state index contributed by atoms with van der Waals surface area (Å²) in [4.78, 5) is 4.13. The van der Waals surface area contributed by atoms with E-state index >= 15 is 0 Å². The normalized spacial score (nSPS) is 10.6. The highest BCUT2D eigenvalue weighted by molar-refractivity contribution is 5.64. The van der Waals surface area contributed by atoms with Gasteiger partial charge in [-0.3, -0.25) is 4.98 Å². The molecular formula is C15H17FN2. The summed E-state index contributed by atoms with van der Waals surface area (Å²) in [6.45, 7) is 5.62. The number of nitrogens with zero attached hydrogens (tertiary/aromatic N) is 1. The Bertz CT molecular complexity index is 538. The fraction of sp³-hybridized carbons (Fsp3) is 0.267. The first-order chi connectivity index (χ1) is 8.70. The SMILES string of the molecule is CCNCc1ccc(F)c(-c2ccnc(C)c2)c1. The van der Waals surface area contributed by atoms with Gasteiger partial charge in [0.2, 0.25) is 0 Å². The van der Waals surface area contributed by atoms with Gasteiger partial charge in [0.15, 0.2) is 0 Å². The maximum absolute atomic E-state index is 13.9. The molecule has 0 amide bonds. The van der Waals surface area contributed by atoms with E-state index in [0.717, 1.165) is 29.9 Å². The number of hydrogen-bond acceptors (Lipinski definition) is 2. The Labute approximate surface area is 107 Å². The van der Waals surface area contributed by atoms with Gasteiger partial charge >= 0.3 is 0 Å². The molecule has 18 heavy (non-hydrogen) atoms. The standard InChI is InChI=1S/C15H17FN2/c1-3-17-10-12-4-5-15(16)14(9-12)13-6-7-18-11(2)8-13/h4-9,17H,3,10H2,1-2H3. The number of rotatable bonds is 4. The summed E-state index contributed by atoms with van der Waals surface area (Å²) < 4.78 is 13.9. The number of aryl methyl sites for hydroxylation is 1.